The molecule has 1 atom stereocenters. The van der Waals surface area contributed by atoms with Gasteiger partial charge in [-0.25, -0.2) is 4.68 Å². The summed E-state index contributed by atoms with van der Waals surface area (Å²) in [5, 5.41) is 12.7. The van der Waals surface area contributed by atoms with Gasteiger partial charge in [0.2, 0.25) is 11.1 Å². The Morgan fingerprint density at radius 2 is 2.04 bits per heavy atom. The first-order chi connectivity index (χ1) is 13.5. The highest BCUT2D eigenvalue weighted by Crippen LogP contribution is 2.36. The summed E-state index contributed by atoms with van der Waals surface area (Å²) < 4.78 is 12.7. The fraction of sp³-hybridized carbons (Fsp3) is 0.211. The van der Waals surface area contributed by atoms with E-state index in [9.17, 15) is 4.79 Å². The summed E-state index contributed by atoms with van der Waals surface area (Å²) in [4.78, 5) is 12.7. The van der Waals surface area contributed by atoms with Crippen LogP contribution in [0.2, 0.25) is 0 Å². The number of nitrogens with two attached hydrogens (primary N) is 1. The fourth-order valence-electron chi connectivity index (χ4n) is 2.89. The summed E-state index contributed by atoms with van der Waals surface area (Å²) in [7, 11) is 1.57. The van der Waals surface area contributed by atoms with Crippen molar-refractivity contribution in [1.82, 2.24) is 14.9 Å². The lowest BCUT2D eigenvalue weighted by Crippen LogP contribution is -2.24. The van der Waals surface area contributed by atoms with Gasteiger partial charge in [0, 0.05) is 16.8 Å². The van der Waals surface area contributed by atoms with Crippen molar-refractivity contribution < 1.29 is 13.9 Å². The van der Waals surface area contributed by atoms with E-state index in [1.165, 1.54) is 16.4 Å². The number of nitrogens with zero attached hydrogens (tertiary/aromatic N) is 3. The number of thioether (sulfide) groups is 1. The lowest BCUT2D eigenvalue weighted by atomic mass is 10.1. The van der Waals surface area contributed by atoms with Crippen LogP contribution in [0.3, 0.4) is 0 Å². The van der Waals surface area contributed by atoms with E-state index in [1.54, 1.807) is 27.0 Å². The van der Waals surface area contributed by atoms with Gasteiger partial charge in [0.15, 0.2) is 0 Å². The number of rotatable bonds is 5. The minimum Gasteiger partial charge on any atom is -0.495 e. The Balaban J connectivity index is 1.61. The van der Waals surface area contributed by atoms with Crippen molar-refractivity contribution in [2.75, 3.05) is 18.3 Å². The van der Waals surface area contributed by atoms with Crippen LogP contribution >= 0.6 is 11.8 Å². The summed E-state index contributed by atoms with van der Waals surface area (Å²) in [6, 6.07) is 11.4. The van der Waals surface area contributed by atoms with Gasteiger partial charge < -0.3 is 20.3 Å². The third kappa shape index (κ3) is 3.13. The molecular weight excluding hydrogens is 378 g/mol. The topological polar surface area (TPSA) is 108 Å². The first-order valence-electron chi connectivity index (χ1n) is 8.62. The number of carbonyl (C=O) groups is 1. The molecule has 3 N–H and O–H groups in total. The summed E-state index contributed by atoms with van der Waals surface area (Å²) in [6.45, 7) is 3.52. The summed E-state index contributed by atoms with van der Waals surface area (Å²) in [6.07, 6.45) is 0. The number of amides is 1. The minimum absolute atomic E-state index is 0.209. The number of furan rings is 1. The molecule has 1 amide bonds. The predicted molar refractivity (Wildman–Crippen MR) is 109 cm³/mol. The van der Waals surface area contributed by atoms with E-state index in [0.29, 0.717) is 28.0 Å². The lowest BCUT2D eigenvalue weighted by molar-refractivity contribution is -0.115. The van der Waals surface area contributed by atoms with Crippen molar-refractivity contribution in [2.45, 2.75) is 24.3 Å². The molecule has 8 nitrogen and oxygen atoms in total. The Morgan fingerprint density at radius 1 is 1.25 bits per heavy atom. The molecule has 0 bridgehead atoms. The van der Waals surface area contributed by atoms with Gasteiger partial charge in [-0.1, -0.05) is 30.0 Å². The van der Waals surface area contributed by atoms with Gasteiger partial charge in [-0.15, -0.1) is 10.2 Å². The Hall–Kier alpha value is -3.20. The molecule has 4 aromatic rings. The maximum absolute atomic E-state index is 12.7. The van der Waals surface area contributed by atoms with Gasteiger partial charge in [-0.2, -0.15) is 0 Å². The second kappa shape index (κ2) is 7.08. The molecule has 2 heterocycles. The maximum atomic E-state index is 12.7. The average molecular weight is 397 g/mol. The number of hydrogen-bond acceptors (Lipinski definition) is 7. The number of anilines is 1. The molecule has 144 valence electrons. The van der Waals surface area contributed by atoms with Crippen molar-refractivity contribution in [3.63, 3.8) is 0 Å². The number of para-hydroxylation sites is 1. The molecule has 0 radical (unpaired) electrons. The van der Waals surface area contributed by atoms with Crippen LogP contribution in [-0.2, 0) is 4.79 Å². The molecule has 0 aliphatic heterocycles. The van der Waals surface area contributed by atoms with E-state index < -0.39 is 5.25 Å². The third-order valence-electron chi connectivity index (χ3n) is 4.44. The van der Waals surface area contributed by atoms with Crippen molar-refractivity contribution in [3.8, 4) is 5.75 Å². The Labute approximate surface area is 165 Å². The smallest absolute Gasteiger partial charge is 0.237 e. The molecule has 0 fully saturated rings. The zero-order valence-electron chi connectivity index (χ0n) is 15.6. The summed E-state index contributed by atoms with van der Waals surface area (Å²) in [5.74, 6) is 6.78. The van der Waals surface area contributed by atoms with Crippen molar-refractivity contribution >= 4 is 45.3 Å². The molecule has 2 aromatic carbocycles. The number of carbonyl (C=O) groups excluding carboxylic acids is 1. The Morgan fingerprint density at radius 3 is 2.75 bits per heavy atom. The summed E-state index contributed by atoms with van der Waals surface area (Å²) in [5.41, 5.74) is 2.00. The average Bonchev–Trinajstić information content (AvgIpc) is 3.21. The molecular formula is C19H19N5O3S. The van der Waals surface area contributed by atoms with E-state index in [-0.39, 0.29) is 5.91 Å². The molecule has 0 saturated carbocycles. The maximum Gasteiger partial charge on any atom is 0.237 e. The molecule has 28 heavy (non-hydrogen) atoms. The SMILES string of the molecule is COc1cc2c(cc1NC(=O)C(C)Sc1nnc(C)n1N)oc1ccccc12. The van der Waals surface area contributed by atoms with Crippen LogP contribution in [0.4, 0.5) is 5.69 Å². The fourth-order valence-corrected chi connectivity index (χ4v) is 3.71. The van der Waals surface area contributed by atoms with Crippen molar-refractivity contribution in [1.29, 1.82) is 0 Å². The third-order valence-corrected chi connectivity index (χ3v) is 5.50. The molecule has 0 aliphatic carbocycles. The Kier molecular flexibility index (Phi) is 4.60. The molecule has 0 aliphatic rings. The molecule has 2 aromatic heterocycles. The van der Waals surface area contributed by atoms with Crippen LogP contribution in [0.5, 0.6) is 5.75 Å². The Bertz CT molecular complexity index is 1180. The van der Waals surface area contributed by atoms with Gasteiger partial charge in [0.25, 0.3) is 0 Å². The van der Waals surface area contributed by atoms with E-state index in [4.69, 9.17) is 15.0 Å². The highest BCUT2D eigenvalue weighted by molar-refractivity contribution is 8.00. The van der Waals surface area contributed by atoms with E-state index in [1.807, 2.05) is 30.3 Å². The molecule has 9 heteroatoms. The number of fused-ring (bicyclic) bond motifs is 3. The van der Waals surface area contributed by atoms with E-state index >= 15 is 0 Å². The van der Waals surface area contributed by atoms with E-state index in [2.05, 4.69) is 15.5 Å². The second-order valence-corrected chi connectivity index (χ2v) is 7.60. The number of benzene rings is 2. The highest BCUT2D eigenvalue weighted by Gasteiger charge is 2.21. The number of methoxy groups -OCH3 is 1. The predicted octanol–water partition coefficient (Wildman–Crippen LogP) is 3.33. The summed E-state index contributed by atoms with van der Waals surface area (Å²) >= 11 is 1.23. The normalized spacial score (nSPS) is 12.4. The van der Waals surface area contributed by atoms with Crippen LogP contribution in [0.1, 0.15) is 12.7 Å². The zero-order valence-corrected chi connectivity index (χ0v) is 16.4. The second-order valence-electron chi connectivity index (χ2n) is 6.30. The van der Waals surface area contributed by atoms with Crippen LogP contribution in [0.25, 0.3) is 21.9 Å². The van der Waals surface area contributed by atoms with Gasteiger partial charge in [-0.05, 0) is 26.0 Å². The van der Waals surface area contributed by atoms with E-state index in [0.717, 1.165) is 16.4 Å². The van der Waals surface area contributed by atoms with Gasteiger partial charge in [-0.3, -0.25) is 4.79 Å². The highest BCUT2D eigenvalue weighted by atomic mass is 32.2. The first kappa shape index (κ1) is 18.2. The molecule has 0 saturated heterocycles. The van der Waals surface area contributed by atoms with Crippen LogP contribution < -0.4 is 15.9 Å². The number of nitrogen functional groups attached to an aromatic ring is 1. The monoisotopic (exact) mass is 397 g/mol. The quantitative estimate of drug-likeness (QED) is 0.393. The van der Waals surface area contributed by atoms with Crippen LogP contribution in [0, 0.1) is 6.92 Å². The first-order valence-corrected chi connectivity index (χ1v) is 9.49. The van der Waals surface area contributed by atoms with Crippen molar-refractivity contribution in [3.05, 3.63) is 42.2 Å². The molecule has 0 spiro atoms. The van der Waals surface area contributed by atoms with Gasteiger partial charge >= 0.3 is 0 Å². The van der Waals surface area contributed by atoms with Crippen molar-refractivity contribution in [2.24, 2.45) is 0 Å². The number of hydrogen-bond donors (Lipinski definition) is 2. The number of nitrogens with one attached hydrogen (secondary N) is 1. The standard InChI is InChI=1S/C19H19N5O3S/c1-10(28-19-23-22-11(2)24(19)20)18(25)21-14-9-16-13(8-17(14)26-3)12-6-4-5-7-15(12)27-16/h4-10H,20H2,1-3H3,(H,21,25). The molecule has 4 rings (SSSR count). The largest absolute Gasteiger partial charge is 0.495 e. The van der Waals surface area contributed by atoms with Crippen LogP contribution in [0.15, 0.2) is 46.0 Å². The molecule has 1 unspecified atom stereocenters. The number of ether oxygens (including phenoxy) is 1. The zero-order chi connectivity index (χ0) is 19.8. The lowest BCUT2D eigenvalue weighted by Gasteiger charge is -2.14. The number of aryl methyl sites for hydroxylation is 1. The van der Waals surface area contributed by atoms with Gasteiger partial charge in [0.05, 0.1) is 18.0 Å². The van der Waals surface area contributed by atoms with Crippen LogP contribution in [-0.4, -0.2) is 33.1 Å². The minimum atomic E-state index is -0.443. The van der Waals surface area contributed by atoms with Gasteiger partial charge in [0.1, 0.15) is 22.7 Å². The number of aromatic nitrogens is 3.